The van der Waals surface area contributed by atoms with Crippen molar-refractivity contribution in [1.82, 2.24) is 9.88 Å². The minimum absolute atomic E-state index is 0.0648. The third-order valence-corrected chi connectivity index (χ3v) is 3.01. The molecule has 6 nitrogen and oxygen atoms in total. The van der Waals surface area contributed by atoms with E-state index in [0.717, 1.165) is 17.9 Å². The molecule has 84 valence electrons. The van der Waals surface area contributed by atoms with Crippen LogP contribution in [0.3, 0.4) is 0 Å². The van der Waals surface area contributed by atoms with Crippen LogP contribution in [0.4, 0.5) is 10.1 Å². The van der Waals surface area contributed by atoms with Crippen molar-refractivity contribution in [3.05, 3.63) is 16.3 Å². The van der Waals surface area contributed by atoms with E-state index in [-0.39, 0.29) is 5.00 Å². The van der Waals surface area contributed by atoms with Crippen LogP contribution in [-0.4, -0.2) is 41.5 Å². The molecule has 0 fully saturated rings. The van der Waals surface area contributed by atoms with Gasteiger partial charge in [0, 0.05) is 12.6 Å². The van der Waals surface area contributed by atoms with Gasteiger partial charge in [-0.2, -0.15) is 0 Å². The molecule has 0 bridgehead atoms. The quantitative estimate of drug-likeness (QED) is 0.611. The van der Waals surface area contributed by atoms with Gasteiger partial charge in [-0.3, -0.25) is 10.1 Å². The molecule has 0 aromatic carbocycles. The highest BCUT2D eigenvalue weighted by molar-refractivity contribution is 7.18. The fourth-order valence-corrected chi connectivity index (χ4v) is 1.49. The molecule has 15 heavy (non-hydrogen) atoms. The van der Waals surface area contributed by atoms with Gasteiger partial charge in [0.1, 0.15) is 6.20 Å². The van der Waals surface area contributed by atoms with E-state index < -0.39 is 4.92 Å². The van der Waals surface area contributed by atoms with E-state index in [0.29, 0.717) is 11.2 Å². The van der Waals surface area contributed by atoms with Gasteiger partial charge in [0.2, 0.25) is 0 Å². The normalized spacial score (nSPS) is 12.8. The highest BCUT2D eigenvalue weighted by Crippen LogP contribution is 2.24. The first-order valence-electron chi connectivity index (χ1n) is 4.51. The first-order valence-corrected chi connectivity index (χ1v) is 5.33. The first kappa shape index (κ1) is 11.9. The summed E-state index contributed by atoms with van der Waals surface area (Å²) in [5.74, 6) is 0. The number of aromatic nitrogens is 1. The Morgan fingerprint density at radius 3 is 2.87 bits per heavy atom. The van der Waals surface area contributed by atoms with Crippen LogP contribution in [0, 0.1) is 10.1 Å². The number of hydrogen-bond donors (Lipinski definition) is 1. The van der Waals surface area contributed by atoms with Crippen molar-refractivity contribution in [3.8, 4) is 0 Å². The maximum atomic E-state index is 10.4. The second-order valence-corrected chi connectivity index (χ2v) is 4.46. The van der Waals surface area contributed by atoms with E-state index in [1.165, 1.54) is 6.20 Å². The zero-order valence-electron chi connectivity index (χ0n) is 8.93. The van der Waals surface area contributed by atoms with Crippen LogP contribution in [0.1, 0.15) is 6.92 Å². The molecule has 0 aliphatic heterocycles. The SMILES string of the molecule is CC(CNc1ncc([N+](=O)[O-])s1)N(C)C. The molecule has 1 unspecified atom stereocenters. The monoisotopic (exact) mass is 230 g/mol. The predicted molar refractivity (Wildman–Crippen MR) is 60.4 cm³/mol. The first-order chi connectivity index (χ1) is 7.00. The zero-order valence-corrected chi connectivity index (χ0v) is 9.74. The molecule has 0 aliphatic carbocycles. The Morgan fingerprint density at radius 2 is 2.40 bits per heavy atom. The molecule has 7 heteroatoms. The van der Waals surface area contributed by atoms with E-state index in [1.54, 1.807) is 0 Å². The predicted octanol–water partition coefficient (Wildman–Crippen LogP) is 1.41. The van der Waals surface area contributed by atoms with Crippen molar-refractivity contribution in [1.29, 1.82) is 0 Å². The lowest BCUT2D eigenvalue weighted by Gasteiger charge is -2.19. The number of rotatable bonds is 5. The van der Waals surface area contributed by atoms with Crippen molar-refractivity contribution >= 4 is 21.5 Å². The van der Waals surface area contributed by atoms with Crippen molar-refractivity contribution in [3.63, 3.8) is 0 Å². The number of nitrogens with one attached hydrogen (secondary N) is 1. The molecule has 1 rings (SSSR count). The van der Waals surface area contributed by atoms with E-state index in [2.05, 4.69) is 22.1 Å². The minimum Gasteiger partial charge on any atom is -0.360 e. The number of thiazole rings is 1. The Labute approximate surface area is 92.1 Å². The molecule has 1 N–H and O–H groups in total. The Bertz CT molecular complexity index is 339. The summed E-state index contributed by atoms with van der Waals surface area (Å²) in [7, 11) is 3.97. The van der Waals surface area contributed by atoms with Crippen LogP contribution in [0.2, 0.25) is 0 Å². The fraction of sp³-hybridized carbons (Fsp3) is 0.625. The average Bonchev–Trinajstić information content (AvgIpc) is 2.62. The highest BCUT2D eigenvalue weighted by atomic mass is 32.1. The van der Waals surface area contributed by atoms with Gasteiger partial charge in [-0.15, -0.1) is 0 Å². The van der Waals surface area contributed by atoms with E-state index in [4.69, 9.17) is 0 Å². The topological polar surface area (TPSA) is 71.3 Å². The molecule has 1 atom stereocenters. The molecule has 1 heterocycles. The summed E-state index contributed by atoms with van der Waals surface area (Å²) in [5.41, 5.74) is 0. The number of nitro groups is 1. The Balaban J connectivity index is 2.48. The summed E-state index contributed by atoms with van der Waals surface area (Å²) in [5, 5.41) is 14.1. The molecule has 0 aliphatic rings. The van der Waals surface area contributed by atoms with E-state index in [1.807, 2.05) is 14.1 Å². The minimum atomic E-state index is -0.432. The Kier molecular flexibility index (Phi) is 3.98. The van der Waals surface area contributed by atoms with Gasteiger partial charge >= 0.3 is 5.00 Å². The van der Waals surface area contributed by atoms with Gasteiger partial charge in [0.15, 0.2) is 5.13 Å². The van der Waals surface area contributed by atoms with Crippen LogP contribution < -0.4 is 5.32 Å². The standard InChI is InChI=1S/C8H14N4O2S/c1-6(11(2)3)4-9-8-10-5-7(15-8)12(13)14/h5-6H,4H2,1-3H3,(H,9,10). The van der Waals surface area contributed by atoms with Gasteiger partial charge in [-0.05, 0) is 32.4 Å². The lowest BCUT2D eigenvalue weighted by Crippen LogP contribution is -2.31. The second kappa shape index (κ2) is 5.04. The Hall–Kier alpha value is -1.21. The third kappa shape index (κ3) is 3.45. The van der Waals surface area contributed by atoms with Gasteiger partial charge in [-0.25, -0.2) is 4.98 Å². The summed E-state index contributed by atoms with van der Waals surface area (Å²) in [4.78, 5) is 15.9. The highest BCUT2D eigenvalue weighted by Gasteiger charge is 2.12. The van der Waals surface area contributed by atoms with Crippen molar-refractivity contribution in [2.75, 3.05) is 26.0 Å². The lowest BCUT2D eigenvalue weighted by molar-refractivity contribution is -0.380. The van der Waals surface area contributed by atoms with Crippen LogP contribution in [0.15, 0.2) is 6.20 Å². The van der Waals surface area contributed by atoms with Crippen LogP contribution in [0.25, 0.3) is 0 Å². The molecule has 0 radical (unpaired) electrons. The maximum Gasteiger partial charge on any atom is 0.345 e. The average molecular weight is 230 g/mol. The lowest BCUT2D eigenvalue weighted by atomic mass is 10.3. The van der Waals surface area contributed by atoms with Crippen LogP contribution >= 0.6 is 11.3 Å². The second-order valence-electron chi connectivity index (χ2n) is 3.45. The molecular formula is C8H14N4O2S. The molecule has 1 aromatic rings. The number of nitrogens with zero attached hydrogens (tertiary/aromatic N) is 3. The summed E-state index contributed by atoms with van der Waals surface area (Å²) in [6, 6.07) is 0.355. The zero-order chi connectivity index (χ0) is 11.4. The number of likely N-dealkylation sites (N-methyl/N-ethyl adjacent to an activating group) is 1. The van der Waals surface area contributed by atoms with Gasteiger partial charge in [0.05, 0.1) is 4.92 Å². The molecule has 0 saturated heterocycles. The number of anilines is 1. The third-order valence-electron chi connectivity index (χ3n) is 2.10. The van der Waals surface area contributed by atoms with E-state index >= 15 is 0 Å². The van der Waals surface area contributed by atoms with Crippen LogP contribution in [-0.2, 0) is 0 Å². The molecular weight excluding hydrogens is 216 g/mol. The van der Waals surface area contributed by atoms with Crippen molar-refractivity contribution < 1.29 is 4.92 Å². The van der Waals surface area contributed by atoms with Gasteiger partial charge in [0.25, 0.3) is 0 Å². The fourth-order valence-electron chi connectivity index (χ4n) is 0.849. The molecule has 0 saturated carbocycles. The molecule has 0 spiro atoms. The summed E-state index contributed by atoms with van der Waals surface area (Å²) < 4.78 is 0. The summed E-state index contributed by atoms with van der Waals surface area (Å²) in [6.45, 7) is 2.78. The van der Waals surface area contributed by atoms with Gasteiger partial charge in [-0.1, -0.05) is 0 Å². The maximum absolute atomic E-state index is 10.4. The van der Waals surface area contributed by atoms with Gasteiger partial charge < -0.3 is 10.2 Å². The smallest absolute Gasteiger partial charge is 0.345 e. The van der Waals surface area contributed by atoms with Crippen molar-refractivity contribution in [2.45, 2.75) is 13.0 Å². The van der Waals surface area contributed by atoms with Crippen LogP contribution in [0.5, 0.6) is 0 Å². The summed E-state index contributed by atoms with van der Waals surface area (Å²) >= 11 is 1.05. The molecule has 1 aromatic heterocycles. The summed E-state index contributed by atoms with van der Waals surface area (Å²) in [6.07, 6.45) is 1.27. The molecule has 0 amide bonds. The van der Waals surface area contributed by atoms with Crippen molar-refractivity contribution in [2.24, 2.45) is 0 Å². The van der Waals surface area contributed by atoms with E-state index in [9.17, 15) is 10.1 Å². The Morgan fingerprint density at radius 1 is 1.73 bits per heavy atom. The largest absolute Gasteiger partial charge is 0.360 e. The number of hydrogen-bond acceptors (Lipinski definition) is 6.